The smallest absolute Gasteiger partial charge is 0.248 e. The number of hydrogen-bond acceptors (Lipinski definition) is 3. The minimum absolute atomic E-state index is 0.184. The minimum Gasteiger partial charge on any atom is -0.488 e. The number of benzene rings is 1. The van der Waals surface area contributed by atoms with Gasteiger partial charge in [-0.3, -0.25) is 9.48 Å². The van der Waals surface area contributed by atoms with Gasteiger partial charge in [-0.1, -0.05) is 12.1 Å². The van der Waals surface area contributed by atoms with Crippen LogP contribution in [0.4, 0.5) is 5.69 Å². The summed E-state index contributed by atoms with van der Waals surface area (Å²) in [6, 6.07) is 7.58. The van der Waals surface area contributed by atoms with Crippen LogP contribution in [0.5, 0.6) is 5.75 Å². The Morgan fingerprint density at radius 1 is 1.35 bits per heavy atom. The molecular weight excluding hydrogens is 290 g/mol. The number of amides is 1. The molecule has 1 aliphatic carbocycles. The molecule has 1 aliphatic rings. The second-order valence-electron chi connectivity index (χ2n) is 5.79. The molecule has 1 N–H and O–H groups in total. The van der Waals surface area contributed by atoms with E-state index in [9.17, 15) is 4.79 Å². The van der Waals surface area contributed by atoms with E-state index < -0.39 is 0 Å². The Morgan fingerprint density at radius 3 is 2.87 bits per heavy atom. The highest BCUT2D eigenvalue weighted by Crippen LogP contribution is 2.29. The summed E-state index contributed by atoms with van der Waals surface area (Å²) in [6.07, 6.45) is 11.7. The van der Waals surface area contributed by atoms with Crippen molar-refractivity contribution in [3.63, 3.8) is 0 Å². The van der Waals surface area contributed by atoms with Crippen LogP contribution >= 0.6 is 0 Å². The van der Waals surface area contributed by atoms with Crippen molar-refractivity contribution >= 4 is 17.7 Å². The molecule has 5 nitrogen and oxygen atoms in total. The Balaban J connectivity index is 1.64. The Bertz CT molecular complexity index is 700. The second-order valence-corrected chi connectivity index (χ2v) is 5.79. The van der Waals surface area contributed by atoms with Crippen molar-refractivity contribution in [2.24, 2.45) is 7.05 Å². The van der Waals surface area contributed by atoms with E-state index in [1.165, 1.54) is 18.9 Å². The fraction of sp³-hybridized carbons (Fsp3) is 0.333. The fourth-order valence-corrected chi connectivity index (χ4v) is 2.73. The molecule has 1 fully saturated rings. The van der Waals surface area contributed by atoms with E-state index in [1.807, 2.05) is 37.5 Å². The van der Waals surface area contributed by atoms with Crippen LogP contribution < -0.4 is 10.1 Å². The Hall–Kier alpha value is -2.56. The molecule has 120 valence electrons. The molecule has 0 unspecified atom stereocenters. The lowest BCUT2D eigenvalue weighted by Crippen LogP contribution is -2.14. The maximum absolute atomic E-state index is 12.1. The SMILES string of the molecule is Cn1cc(/C=C/C(=O)Nc2ccccc2OC2CCCC2)cn1. The first-order chi connectivity index (χ1) is 11.2. The highest BCUT2D eigenvalue weighted by Gasteiger charge is 2.18. The molecule has 0 saturated heterocycles. The van der Waals surface area contributed by atoms with Crippen molar-refractivity contribution in [3.05, 3.63) is 48.3 Å². The van der Waals surface area contributed by atoms with Gasteiger partial charge in [-0.2, -0.15) is 5.10 Å². The Kier molecular flexibility index (Phi) is 4.76. The molecule has 1 aromatic carbocycles. The van der Waals surface area contributed by atoms with Gasteiger partial charge in [0.1, 0.15) is 5.75 Å². The lowest BCUT2D eigenvalue weighted by atomic mass is 10.2. The molecule has 2 aromatic rings. The zero-order valence-corrected chi connectivity index (χ0v) is 13.2. The molecule has 0 aliphatic heterocycles. The third-order valence-corrected chi connectivity index (χ3v) is 3.89. The van der Waals surface area contributed by atoms with Gasteiger partial charge in [-0.05, 0) is 43.9 Å². The molecule has 0 atom stereocenters. The first-order valence-electron chi connectivity index (χ1n) is 7.94. The van der Waals surface area contributed by atoms with Gasteiger partial charge in [-0.15, -0.1) is 0 Å². The number of carbonyl (C=O) groups excluding carboxylic acids is 1. The van der Waals surface area contributed by atoms with E-state index in [0.717, 1.165) is 24.2 Å². The van der Waals surface area contributed by atoms with E-state index in [2.05, 4.69) is 10.4 Å². The van der Waals surface area contributed by atoms with E-state index >= 15 is 0 Å². The normalized spacial score (nSPS) is 15.2. The number of aromatic nitrogens is 2. The molecule has 23 heavy (non-hydrogen) atoms. The summed E-state index contributed by atoms with van der Waals surface area (Å²) < 4.78 is 7.72. The lowest BCUT2D eigenvalue weighted by molar-refractivity contribution is -0.111. The largest absolute Gasteiger partial charge is 0.488 e. The van der Waals surface area contributed by atoms with Crippen LogP contribution in [0, 0.1) is 0 Å². The molecule has 3 rings (SSSR count). The van der Waals surface area contributed by atoms with Crippen molar-refractivity contribution in [2.45, 2.75) is 31.8 Å². The molecule has 1 saturated carbocycles. The topological polar surface area (TPSA) is 56.2 Å². The quantitative estimate of drug-likeness (QED) is 0.861. The predicted molar refractivity (Wildman–Crippen MR) is 90.2 cm³/mol. The standard InChI is InChI=1S/C18H21N3O2/c1-21-13-14(12-19-21)10-11-18(22)20-16-8-4-5-9-17(16)23-15-6-2-3-7-15/h4-5,8-13,15H,2-3,6-7H2,1H3,(H,20,22)/b11-10+. The highest BCUT2D eigenvalue weighted by molar-refractivity contribution is 6.02. The molecule has 1 aromatic heterocycles. The number of rotatable bonds is 5. The maximum atomic E-state index is 12.1. The van der Waals surface area contributed by atoms with E-state index in [0.29, 0.717) is 5.69 Å². The summed E-state index contributed by atoms with van der Waals surface area (Å²) in [5, 5.41) is 6.95. The summed E-state index contributed by atoms with van der Waals surface area (Å²) >= 11 is 0. The number of hydrogen-bond donors (Lipinski definition) is 1. The molecule has 1 amide bonds. The van der Waals surface area contributed by atoms with Crippen LogP contribution in [0.3, 0.4) is 0 Å². The number of ether oxygens (including phenoxy) is 1. The lowest BCUT2D eigenvalue weighted by Gasteiger charge is -2.16. The van der Waals surface area contributed by atoms with Crippen molar-refractivity contribution in [3.8, 4) is 5.75 Å². The third kappa shape index (κ3) is 4.22. The second kappa shape index (κ2) is 7.13. The number of carbonyl (C=O) groups is 1. The number of para-hydroxylation sites is 2. The average molecular weight is 311 g/mol. The van der Waals surface area contributed by atoms with Crippen LogP contribution in [-0.2, 0) is 11.8 Å². The van der Waals surface area contributed by atoms with Gasteiger partial charge in [0.15, 0.2) is 0 Å². The maximum Gasteiger partial charge on any atom is 0.248 e. The summed E-state index contributed by atoms with van der Waals surface area (Å²) in [5.74, 6) is 0.554. The van der Waals surface area contributed by atoms with E-state index in [4.69, 9.17) is 4.74 Å². The minimum atomic E-state index is -0.184. The number of anilines is 1. The van der Waals surface area contributed by atoms with Crippen LogP contribution in [-0.4, -0.2) is 21.8 Å². The fourth-order valence-electron chi connectivity index (χ4n) is 2.73. The highest BCUT2D eigenvalue weighted by atomic mass is 16.5. The summed E-state index contributed by atoms with van der Waals surface area (Å²) in [6.45, 7) is 0. The zero-order chi connectivity index (χ0) is 16.1. The first kappa shape index (κ1) is 15.3. The molecular formula is C18H21N3O2. The summed E-state index contributed by atoms with van der Waals surface area (Å²) in [7, 11) is 1.84. The van der Waals surface area contributed by atoms with Crippen molar-refractivity contribution < 1.29 is 9.53 Å². The van der Waals surface area contributed by atoms with Crippen molar-refractivity contribution in [1.82, 2.24) is 9.78 Å². The van der Waals surface area contributed by atoms with Gasteiger partial charge in [0.2, 0.25) is 5.91 Å². The van der Waals surface area contributed by atoms with Crippen LogP contribution in [0.2, 0.25) is 0 Å². The summed E-state index contributed by atoms with van der Waals surface area (Å²) in [5.41, 5.74) is 1.60. The molecule has 5 heteroatoms. The number of nitrogens with zero attached hydrogens (tertiary/aromatic N) is 2. The monoisotopic (exact) mass is 311 g/mol. The van der Waals surface area contributed by atoms with Gasteiger partial charge < -0.3 is 10.1 Å². The Labute approximate surface area is 136 Å². The van der Waals surface area contributed by atoms with Gasteiger partial charge >= 0.3 is 0 Å². The third-order valence-electron chi connectivity index (χ3n) is 3.89. The van der Waals surface area contributed by atoms with Crippen molar-refractivity contribution in [2.75, 3.05) is 5.32 Å². The molecule has 0 radical (unpaired) electrons. The van der Waals surface area contributed by atoms with Crippen molar-refractivity contribution in [1.29, 1.82) is 0 Å². The van der Waals surface area contributed by atoms with Crippen LogP contribution in [0.15, 0.2) is 42.7 Å². The van der Waals surface area contributed by atoms with E-state index in [1.54, 1.807) is 17.0 Å². The van der Waals surface area contributed by atoms with Crippen LogP contribution in [0.1, 0.15) is 31.2 Å². The van der Waals surface area contributed by atoms with Gasteiger partial charge in [-0.25, -0.2) is 0 Å². The van der Waals surface area contributed by atoms with Gasteiger partial charge in [0.05, 0.1) is 18.0 Å². The zero-order valence-electron chi connectivity index (χ0n) is 13.2. The number of nitrogens with one attached hydrogen (secondary N) is 1. The van der Waals surface area contributed by atoms with Gasteiger partial charge in [0, 0.05) is 24.9 Å². The Morgan fingerprint density at radius 2 is 2.13 bits per heavy atom. The average Bonchev–Trinajstić information content (AvgIpc) is 3.19. The predicted octanol–water partition coefficient (Wildman–Crippen LogP) is 3.39. The number of aryl methyl sites for hydroxylation is 1. The van der Waals surface area contributed by atoms with Gasteiger partial charge in [0.25, 0.3) is 0 Å². The van der Waals surface area contributed by atoms with E-state index in [-0.39, 0.29) is 12.0 Å². The molecule has 0 spiro atoms. The first-order valence-corrected chi connectivity index (χ1v) is 7.94. The molecule has 1 heterocycles. The summed E-state index contributed by atoms with van der Waals surface area (Å²) in [4.78, 5) is 12.1. The molecule has 0 bridgehead atoms. The van der Waals surface area contributed by atoms with Crippen LogP contribution in [0.25, 0.3) is 6.08 Å².